The van der Waals surface area contributed by atoms with Gasteiger partial charge >= 0.3 is 0 Å². The van der Waals surface area contributed by atoms with Crippen molar-refractivity contribution < 1.29 is 8.78 Å². The molecule has 0 aliphatic heterocycles. The van der Waals surface area contributed by atoms with Gasteiger partial charge in [-0.2, -0.15) is 0 Å². The number of alkyl halides is 2. The second-order valence-corrected chi connectivity index (χ2v) is 5.31. The first-order valence-electron chi connectivity index (χ1n) is 5.34. The Hall–Kier alpha value is -0.690. The average molecular weight is 383 g/mol. The number of anilines is 1. The fraction of sp³-hybridized carbons (Fsp3) is 0.250. The quantitative estimate of drug-likeness (QED) is 0.767. The van der Waals surface area contributed by atoms with Gasteiger partial charge in [-0.15, -0.1) is 0 Å². The van der Waals surface area contributed by atoms with Crippen molar-refractivity contribution in [3.63, 3.8) is 0 Å². The molecule has 1 heterocycles. The van der Waals surface area contributed by atoms with Crippen molar-refractivity contribution in [1.29, 1.82) is 0 Å². The summed E-state index contributed by atoms with van der Waals surface area (Å²) in [5.41, 5.74) is 0.964. The Morgan fingerprint density at radius 3 is 2.72 bits per heavy atom. The predicted octanol–water partition coefficient (Wildman–Crippen LogP) is 4.86. The maximum absolute atomic E-state index is 12.8. The maximum Gasteiger partial charge on any atom is 0.280 e. The summed E-state index contributed by atoms with van der Waals surface area (Å²) in [5.74, 6) is 0. The first kappa shape index (κ1) is 13.7. The first-order chi connectivity index (χ1) is 8.52. The molecule has 2 rings (SSSR count). The molecule has 0 amide bonds. The van der Waals surface area contributed by atoms with Gasteiger partial charge in [0.05, 0.1) is 5.52 Å². The van der Waals surface area contributed by atoms with Crippen molar-refractivity contribution >= 4 is 50.8 Å². The molecule has 0 aliphatic carbocycles. The van der Waals surface area contributed by atoms with Crippen LogP contribution < -0.4 is 5.32 Å². The van der Waals surface area contributed by atoms with Crippen LogP contribution in [0.2, 0.25) is 5.02 Å². The molecule has 0 radical (unpaired) electrons. The molecule has 0 unspecified atom stereocenters. The second-order valence-electron chi connectivity index (χ2n) is 3.71. The number of aromatic nitrogens is 1. The largest absolute Gasteiger partial charge is 0.385 e. The zero-order chi connectivity index (χ0) is 13.3. The molecule has 0 fully saturated rings. The van der Waals surface area contributed by atoms with Crippen LogP contribution >= 0.6 is 34.2 Å². The highest BCUT2D eigenvalue weighted by Gasteiger charge is 2.15. The molecule has 6 heteroatoms. The van der Waals surface area contributed by atoms with Gasteiger partial charge in [0.2, 0.25) is 0 Å². The molecule has 0 saturated heterocycles. The number of hydrogen-bond donors (Lipinski definition) is 1. The predicted molar refractivity (Wildman–Crippen MR) is 78.6 cm³/mol. The van der Waals surface area contributed by atoms with Gasteiger partial charge in [-0.25, -0.2) is 13.8 Å². The summed E-state index contributed by atoms with van der Waals surface area (Å²) in [6.07, 6.45) is -2.58. The Balaban J connectivity index is 2.76. The zero-order valence-electron chi connectivity index (χ0n) is 9.48. The highest BCUT2D eigenvalue weighted by atomic mass is 127. The molecule has 96 valence electrons. The van der Waals surface area contributed by atoms with Crippen LogP contribution in [0, 0.1) is 3.57 Å². The number of benzene rings is 1. The zero-order valence-corrected chi connectivity index (χ0v) is 12.4. The summed E-state index contributed by atoms with van der Waals surface area (Å²) < 4.78 is 26.4. The standard InChI is InChI=1S/C12H10ClF2IN2/c1-2-17-9-5-10(12(14)15)18-11-7(9)3-6(13)4-8(11)16/h3-5,12H,2H2,1H3,(H,17,18). The van der Waals surface area contributed by atoms with Gasteiger partial charge in [0.1, 0.15) is 5.69 Å². The van der Waals surface area contributed by atoms with E-state index in [1.54, 1.807) is 12.1 Å². The lowest BCUT2D eigenvalue weighted by atomic mass is 10.1. The van der Waals surface area contributed by atoms with Gasteiger partial charge in [0, 0.05) is 26.2 Å². The minimum atomic E-state index is -2.58. The fourth-order valence-electron chi connectivity index (χ4n) is 1.72. The summed E-state index contributed by atoms with van der Waals surface area (Å²) in [7, 11) is 0. The number of nitrogens with zero attached hydrogens (tertiary/aromatic N) is 1. The Bertz CT molecular complexity index is 590. The molecule has 0 aliphatic rings. The van der Waals surface area contributed by atoms with Gasteiger partial charge in [0.15, 0.2) is 0 Å². The van der Waals surface area contributed by atoms with Crippen LogP contribution in [-0.4, -0.2) is 11.5 Å². The molecule has 0 atom stereocenters. The van der Waals surface area contributed by atoms with Gasteiger partial charge < -0.3 is 5.32 Å². The van der Waals surface area contributed by atoms with Gasteiger partial charge in [0.25, 0.3) is 6.43 Å². The van der Waals surface area contributed by atoms with Crippen molar-refractivity contribution in [1.82, 2.24) is 4.98 Å². The minimum Gasteiger partial charge on any atom is -0.385 e. The second kappa shape index (κ2) is 5.52. The Labute approximate surface area is 122 Å². The van der Waals surface area contributed by atoms with Crippen LogP contribution in [0.15, 0.2) is 18.2 Å². The van der Waals surface area contributed by atoms with Crippen molar-refractivity contribution in [2.45, 2.75) is 13.3 Å². The number of nitrogens with one attached hydrogen (secondary N) is 1. The lowest BCUT2D eigenvalue weighted by Crippen LogP contribution is -2.02. The van der Waals surface area contributed by atoms with Crippen LogP contribution in [0.1, 0.15) is 19.0 Å². The lowest BCUT2D eigenvalue weighted by Gasteiger charge is -2.11. The minimum absolute atomic E-state index is 0.223. The molecule has 2 nitrogen and oxygen atoms in total. The van der Waals surface area contributed by atoms with E-state index in [4.69, 9.17) is 11.6 Å². The highest BCUT2D eigenvalue weighted by Crippen LogP contribution is 2.32. The molecule has 1 aromatic carbocycles. The van der Waals surface area contributed by atoms with E-state index < -0.39 is 6.43 Å². The van der Waals surface area contributed by atoms with E-state index >= 15 is 0 Å². The Morgan fingerprint density at radius 1 is 1.39 bits per heavy atom. The summed E-state index contributed by atoms with van der Waals surface area (Å²) >= 11 is 8.04. The SMILES string of the molecule is CCNc1cc(C(F)F)nc2c(I)cc(Cl)cc12. The van der Waals surface area contributed by atoms with Crippen LogP contribution in [0.3, 0.4) is 0 Å². The van der Waals surface area contributed by atoms with Gasteiger partial charge in [-0.3, -0.25) is 0 Å². The smallest absolute Gasteiger partial charge is 0.280 e. The van der Waals surface area contributed by atoms with Crippen LogP contribution in [0.25, 0.3) is 10.9 Å². The van der Waals surface area contributed by atoms with Crippen LogP contribution in [-0.2, 0) is 0 Å². The number of pyridine rings is 1. The van der Waals surface area contributed by atoms with E-state index in [0.717, 1.165) is 8.96 Å². The first-order valence-corrected chi connectivity index (χ1v) is 6.80. The number of fused-ring (bicyclic) bond motifs is 1. The van der Waals surface area contributed by atoms with Crippen molar-refractivity contribution in [2.75, 3.05) is 11.9 Å². The third-order valence-corrected chi connectivity index (χ3v) is 3.48. The molecule has 0 saturated carbocycles. The van der Waals surface area contributed by atoms with Crippen molar-refractivity contribution in [3.8, 4) is 0 Å². The normalized spacial score (nSPS) is 11.2. The van der Waals surface area contributed by atoms with Gasteiger partial charge in [-0.05, 0) is 47.7 Å². The summed E-state index contributed by atoms with van der Waals surface area (Å²) in [5, 5.41) is 4.39. The summed E-state index contributed by atoms with van der Waals surface area (Å²) in [4.78, 5) is 4.00. The topological polar surface area (TPSA) is 24.9 Å². The fourth-order valence-corrected chi connectivity index (χ4v) is 2.87. The molecule has 1 N–H and O–H groups in total. The maximum atomic E-state index is 12.8. The van der Waals surface area contributed by atoms with Crippen LogP contribution in [0.4, 0.5) is 14.5 Å². The monoisotopic (exact) mass is 382 g/mol. The van der Waals surface area contributed by atoms with E-state index in [0.29, 0.717) is 22.8 Å². The van der Waals surface area contributed by atoms with E-state index in [1.165, 1.54) is 6.07 Å². The summed E-state index contributed by atoms with van der Waals surface area (Å²) in [6.45, 7) is 2.55. The third-order valence-electron chi connectivity index (χ3n) is 2.44. The molecule has 1 aromatic heterocycles. The highest BCUT2D eigenvalue weighted by molar-refractivity contribution is 14.1. The Kier molecular flexibility index (Phi) is 4.21. The molecule has 0 spiro atoms. The van der Waals surface area contributed by atoms with Gasteiger partial charge in [-0.1, -0.05) is 11.6 Å². The molecular weight excluding hydrogens is 372 g/mol. The van der Waals surface area contributed by atoms with E-state index in [9.17, 15) is 8.78 Å². The average Bonchev–Trinajstić information content (AvgIpc) is 2.29. The van der Waals surface area contributed by atoms with Crippen molar-refractivity contribution in [3.05, 3.63) is 32.5 Å². The Morgan fingerprint density at radius 2 is 2.11 bits per heavy atom. The number of halogens is 4. The molecule has 0 bridgehead atoms. The lowest BCUT2D eigenvalue weighted by molar-refractivity contribution is 0.146. The third kappa shape index (κ3) is 2.66. The van der Waals surface area contributed by atoms with Crippen molar-refractivity contribution in [2.24, 2.45) is 0 Å². The van der Waals surface area contributed by atoms with E-state index in [2.05, 4.69) is 10.3 Å². The summed E-state index contributed by atoms with van der Waals surface area (Å²) in [6, 6.07) is 4.82. The number of rotatable bonds is 3. The molecule has 2 aromatic rings. The molecule has 18 heavy (non-hydrogen) atoms. The molecular formula is C12H10ClF2IN2. The number of hydrogen-bond acceptors (Lipinski definition) is 2. The van der Waals surface area contributed by atoms with E-state index in [-0.39, 0.29) is 5.69 Å². The van der Waals surface area contributed by atoms with E-state index in [1.807, 2.05) is 29.5 Å². The van der Waals surface area contributed by atoms with Crippen LogP contribution in [0.5, 0.6) is 0 Å².